The highest BCUT2D eigenvalue weighted by Gasteiger charge is 2.27. The number of carbonyl (C=O) groups is 1. The molecule has 5 nitrogen and oxygen atoms in total. The molecule has 5 heteroatoms. The van der Waals surface area contributed by atoms with Crippen molar-refractivity contribution in [3.05, 3.63) is 29.3 Å². The Morgan fingerprint density at radius 1 is 1.43 bits per heavy atom. The molecule has 21 heavy (non-hydrogen) atoms. The third-order valence-electron chi connectivity index (χ3n) is 3.85. The lowest BCUT2D eigenvalue weighted by molar-refractivity contribution is 0.0526. The summed E-state index contributed by atoms with van der Waals surface area (Å²) in [7, 11) is 1.69. The molecule has 1 aromatic rings. The van der Waals surface area contributed by atoms with Crippen LogP contribution in [0.4, 0.5) is 5.69 Å². The fourth-order valence-electron chi connectivity index (χ4n) is 2.70. The van der Waals surface area contributed by atoms with Gasteiger partial charge in [0.15, 0.2) is 0 Å². The quantitative estimate of drug-likeness (QED) is 0.856. The number of rotatable bonds is 4. The van der Waals surface area contributed by atoms with Crippen LogP contribution in [-0.4, -0.2) is 44.9 Å². The van der Waals surface area contributed by atoms with Gasteiger partial charge in [0, 0.05) is 31.9 Å². The fraction of sp³-hybridized carbons (Fsp3) is 0.562. The standard InChI is InChI=1S/C16H24N2O3/c1-4-21-16(19)12-7-11(2)8-13(9-12)18-6-5-14(17)15(10-18)20-3/h7-9,14-15H,4-6,10,17H2,1-3H3. The molecule has 1 aliphatic heterocycles. The summed E-state index contributed by atoms with van der Waals surface area (Å²) in [6, 6.07) is 5.88. The van der Waals surface area contributed by atoms with Crippen LogP contribution >= 0.6 is 0 Å². The number of hydrogen-bond donors (Lipinski definition) is 1. The van der Waals surface area contributed by atoms with Crippen LogP contribution in [0.3, 0.4) is 0 Å². The van der Waals surface area contributed by atoms with Crippen LogP contribution < -0.4 is 10.6 Å². The highest BCUT2D eigenvalue weighted by Crippen LogP contribution is 2.24. The molecule has 1 saturated heterocycles. The molecule has 1 aliphatic rings. The van der Waals surface area contributed by atoms with E-state index in [0.29, 0.717) is 12.2 Å². The first-order valence-electron chi connectivity index (χ1n) is 7.37. The first-order chi connectivity index (χ1) is 10.0. The molecule has 1 fully saturated rings. The number of carbonyl (C=O) groups excluding carboxylic acids is 1. The predicted molar refractivity (Wildman–Crippen MR) is 82.7 cm³/mol. The average Bonchev–Trinajstić information content (AvgIpc) is 2.47. The van der Waals surface area contributed by atoms with Crippen molar-refractivity contribution in [3.8, 4) is 0 Å². The number of benzene rings is 1. The maximum absolute atomic E-state index is 11.9. The molecular weight excluding hydrogens is 268 g/mol. The van der Waals surface area contributed by atoms with E-state index in [1.807, 2.05) is 26.0 Å². The second-order valence-electron chi connectivity index (χ2n) is 5.45. The van der Waals surface area contributed by atoms with Gasteiger partial charge in [0.25, 0.3) is 0 Å². The second-order valence-corrected chi connectivity index (χ2v) is 5.45. The van der Waals surface area contributed by atoms with Crippen LogP contribution in [0.2, 0.25) is 0 Å². The Hall–Kier alpha value is -1.59. The molecule has 2 unspecified atom stereocenters. The van der Waals surface area contributed by atoms with E-state index < -0.39 is 0 Å². The molecule has 0 aromatic heterocycles. The Bertz CT molecular complexity index is 504. The van der Waals surface area contributed by atoms with Gasteiger partial charge in [-0.15, -0.1) is 0 Å². The minimum atomic E-state index is -0.278. The molecule has 0 spiro atoms. The van der Waals surface area contributed by atoms with Crippen molar-refractivity contribution in [2.24, 2.45) is 5.73 Å². The zero-order valence-electron chi connectivity index (χ0n) is 13.0. The lowest BCUT2D eigenvalue weighted by Crippen LogP contribution is -2.51. The lowest BCUT2D eigenvalue weighted by atomic mass is 10.0. The molecule has 2 rings (SSSR count). The van der Waals surface area contributed by atoms with E-state index in [1.54, 1.807) is 7.11 Å². The van der Waals surface area contributed by atoms with E-state index in [-0.39, 0.29) is 18.1 Å². The van der Waals surface area contributed by atoms with Crippen molar-refractivity contribution in [1.29, 1.82) is 0 Å². The summed E-state index contributed by atoms with van der Waals surface area (Å²) in [5, 5.41) is 0. The Morgan fingerprint density at radius 3 is 2.86 bits per heavy atom. The van der Waals surface area contributed by atoms with Gasteiger partial charge in [-0.2, -0.15) is 0 Å². The number of ether oxygens (including phenoxy) is 2. The molecule has 0 radical (unpaired) electrons. The molecular formula is C16H24N2O3. The molecule has 1 aromatic carbocycles. The Kier molecular flexibility index (Phi) is 5.20. The number of anilines is 1. The number of nitrogens with two attached hydrogens (primary N) is 1. The SMILES string of the molecule is CCOC(=O)c1cc(C)cc(N2CCC(N)C(OC)C2)c1. The normalized spacial score (nSPS) is 22.2. The Balaban J connectivity index is 2.21. The van der Waals surface area contributed by atoms with Crippen molar-refractivity contribution < 1.29 is 14.3 Å². The summed E-state index contributed by atoms with van der Waals surface area (Å²) in [5.74, 6) is -0.278. The zero-order chi connectivity index (χ0) is 15.4. The van der Waals surface area contributed by atoms with E-state index >= 15 is 0 Å². The third kappa shape index (κ3) is 3.74. The van der Waals surface area contributed by atoms with Crippen molar-refractivity contribution in [3.63, 3.8) is 0 Å². The van der Waals surface area contributed by atoms with Gasteiger partial charge in [-0.3, -0.25) is 0 Å². The minimum absolute atomic E-state index is 0.0188. The van der Waals surface area contributed by atoms with Crippen LogP contribution in [-0.2, 0) is 9.47 Å². The molecule has 0 amide bonds. The summed E-state index contributed by atoms with van der Waals surface area (Å²) < 4.78 is 10.5. The molecule has 0 bridgehead atoms. The summed E-state index contributed by atoms with van der Waals surface area (Å²) in [6.07, 6.45) is 0.895. The summed E-state index contributed by atoms with van der Waals surface area (Å²) in [6.45, 7) is 5.78. The summed E-state index contributed by atoms with van der Waals surface area (Å²) >= 11 is 0. The van der Waals surface area contributed by atoms with Crippen molar-refractivity contribution in [2.75, 3.05) is 31.7 Å². The van der Waals surface area contributed by atoms with Gasteiger partial charge in [0.1, 0.15) is 0 Å². The molecule has 2 atom stereocenters. The number of methoxy groups -OCH3 is 1. The Morgan fingerprint density at radius 2 is 2.19 bits per heavy atom. The van der Waals surface area contributed by atoms with Gasteiger partial charge >= 0.3 is 5.97 Å². The zero-order valence-corrected chi connectivity index (χ0v) is 13.0. The van der Waals surface area contributed by atoms with Gasteiger partial charge in [-0.25, -0.2) is 4.79 Å². The maximum atomic E-state index is 11.9. The summed E-state index contributed by atoms with van der Waals surface area (Å²) in [5.41, 5.74) is 8.71. The maximum Gasteiger partial charge on any atom is 0.338 e. The summed E-state index contributed by atoms with van der Waals surface area (Å²) in [4.78, 5) is 14.1. The van der Waals surface area contributed by atoms with E-state index in [1.165, 1.54) is 0 Å². The van der Waals surface area contributed by atoms with Gasteiger partial charge in [-0.1, -0.05) is 0 Å². The first-order valence-corrected chi connectivity index (χ1v) is 7.37. The van der Waals surface area contributed by atoms with Crippen LogP contribution in [0.5, 0.6) is 0 Å². The largest absolute Gasteiger partial charge is 0.462 e. The van der Waals surface area contributed by atoms with Crippen LogP contribution in [0, 0.1) is 6.92 Å². The van der Waals surface area contributed by atoms with Crippen LogP contribution in [0.1, 0.15) is 29.3 Å². The number of esters is 1. The molecule has 116 valence electrons. The topological polar surface area (TPSA) is 64.8 Å². The van der Waals surface area contributed by atoms with Crippen molar-refractivity contribution in [1.82, 2.24) is 0 Å². The third-order valence-corrected chi connectivity index (χ3v) is 3.85. The van der Waals surface area contributed by atoms with Gasteiger partial charge in [-0.05, 0) is 44.0 Å². The Labute approximate surface area is 126 Å². The number of piperidine rings is 1. The molecule has 2 N–H and O–H groups in total. The fourth-order valence-corrected chi connectivity index (χ4v) is 2.70. The average molecular weight is 292 g/mol. The lowest BCUT2D eigenvalue weighted by Gasteiger charge is -2.37. The number of aryl methyl sites for hydroxylation is 1. The molecule has 0 aliphatic carbocycles. The van der Waals surface area contributed by atoms with Crippen molar-refractivity contribution >= 4 is 11.7 Å². The highest BCUT2D eigenvalue weighted by molar-refractivity contribution is 5.91. The number of hydrogen-bond acceptors (Lipinski definition) is 5. The van der Waals surface area contributed by atoms with Crippen molar-refractivity contribution in [2.45, 2.75) is 32.4 Å². The van der Waals surface area contributed by atoms with E-state index in [0.717, 1.165) is 30.8 Å². The molecule has 0 saturated carbocycles. The van der Waals surface area contributed by atoms with E-state index in [2.05, 4.69) is 11.0 Å². The molecule has 1 heterocycles. The van der Waals surface area contributed by atoms with Crippen LogP contribution in [0.25, 0.3) is 0 Å². The predicted octanol–water partition coefficient (Wildman–Crippen LogP) is 1.72. The van der Waals surface area contributed by atoms with E-state index in [9.17, 15) is 4.79 Å². The van der Waals surface area contributed by atoms with Gasteiger partial charge in [0.05, 0.1) is 18.3 Å². The monoisotopic (exact) mass is 292 g/mol. The van der Waals surface area contributed by atoms with Gasteiger partial charge < -0.3 is 20.1 Å². The highest BCUT2D eigenvalue weighted by atomic mass is 16.5. The van der Waals surface area contributed by atoms with Crippen LogP contribution in [0.15, 0.2) is 18.2 Å². The van der Waals surface area contributed by atoms with Gasteiger partial charge in [0.2, 0.25) is 0 Å². The van der Waals surface area contributed by atoms with E-state index in [4.69, 9.17) is 15.2 Å². The minimum Gasteiger partial charge on any atom is -0.462 e. The first kappa shape index (κ1) is 15.8. The number of nitrogens with zero attached hydrogens (tertiary/aromatic N) is 1. The smallest absolute Gasteiger partial charge is 0.338 e. The second kappa shape index (κ2) is 6.91.